The Balaban J connectivity index is 1.50. The SMILES string of the molecule is Cn1nc(C=CC2=C(Cl)C[C@@H]3CC[C@H](C2)C3NS(=O)C(C)(C)C)cc1-c1ccc(F)cc1. The maximum absolute atomic E-state index is 13.3. The van der Waals surface area contributed by atoms with Crippen LogP contribution in [-0.2, 0) is 18.0 Å². The molecule has 1 saturated carbocycles. The molecule has 2 aliphatic rings. The van der Waals surface area contributed by atoms with E-state index in [9.17, 15) is 8.60 Å². The summed E-state index contributed by atoms with van der Waals surface area (Å²) >= 11 is 6.75. The van der Waals surface area contributed by atoms with Crippen molar-refractivity contribution in [2.75, 3.05) is 0 Å². The number of aryl methyl sites for hydroxylation is 1. The standard InChI is InChI=1S/C25H31ClFN3OS/c1-25(2,3)32(31)29-24-18-5-6-19(24)14-22(26)17(13-18)9-12-21-15-23(30(4)28-21)16-7-10-20(27)11-8-16/h7-12,15,18-19,24,29H,5-6,13-14H2,1-4H3/t18-,19+,24?,32?/m1/s1. The molecule has 2 bridgehead atoms. The number of hydrogen-bond acceptors (Lipinski definition) is 2. The minimum absolute atomic E-state index is 0.231. The second-order valence-electron chi connectivity index (χ2n) is 9.88. The van der Waals surface area contributed by atoms with Crippen LogP contribution in [0.25, 0.3) is 17.3 Å². The molecule has 2 aliphatic carbocycles. The Morgan fingerprint density at radius 3 is 2.47 bits per heavy atom. The van der Waals surface area contributed by atoms with E-state index in [-0.39, 0.29) is 16.6 Å². The molecule has 0 spiro atoms. The van der Waals surface area contributed by atoms with Crippen molar-refractivity contribution in [1.29, 1.82) is 0 Å². The highest BCUT2D eigenvalue weighted by atomic mass is 35.5. The topological polar surface area (TPSA) is 46.9 Å². The molecule has 0 amide bonds. The number of rotatable bonds is 5. The van der Waals surface area contributed by atoms with Crippen molar-refractivity contribution in [3.8, 4) is 11.3 Å². The Labute approximate surface area is 197 Å². The molecule has 0 radical (unpaired) electrons. The van der Waals surface area contributed by atoms with Crippen molar-refractivity contribution in [1.82, 2.24) is 14.5 Å². The second kappa shape index (κ2) is 9.24. The first kappa shape index (κ1) is 23.4. The van der Waals surface area contributed by atoms with Gasteiger partial charge in [-0.3, -0.25) is 4.68 Å². The third kappa shape index (κ3) is 5.08. The third-order valence-electron chi connectivity index (χ3n) is 6.49. The van der Waals surface area contributed by atoms with Crippen molar-refractivity contribution in [2.24, 2.45) is 18.9 Å². The zero-order chi connectivity index (χ0) is 23.0. The molecule has 32 heavy (non-hydrogen) atoms. The normalized spacial score (nSPS) is 24.9. The Kier molecular flexibility index (Phi) is 6.76. The maximum Gasteiger partial charge on any atom is 0.123 e. The Bertz CT molecular complexity index is 1070. The highest BCUT2D eigenvalue weighted by Gasteiger charge is 2.41. The quantitative estimate of drug-likeness (QED) is 0.578. The van der Waals surface area contributed by atoms with Crippen molar-refractivity contribution < 1.29 is 8.60 Å². The van der Waals surface area contributed by atoms with Crippen LogP contribution in [0.2, 0.25) is 0 Å². The van der Waals surface area contributed by atoms with E-state index in [1.165, 1.54) is 12.1 Å². The fourth-order valence-electron chi connectivity index (χ4n) is 4.68. The molecular formula is C25H31ClFN3OS. The molecular weight excluding hydrogens is 445 g/mol. The summed E-state index contributed by atoms with van der Waals surface area (Å²) in [6.45, 7) is 6.00. The van der Waals surface area contributed by atoms with Crippen molar-refractivity contribution in [3.63, 3.8) is 0 Å². The van der Waals surface area contributed by atoms with Gasteiger partial charge in [-0.05, 0) is 106 Å². The number of halogens is 2. The van der Waals surface area contributed by atoms with E-state index in [2.05, 4.69) is 15.9 Å². The number of hydrogen-bond donors (Lipinski definition) is 1. The first-order valence-electron chi connectivity index (χ1n) is 11.2. The zero-order valence-electron chi connectivity index (χ0n) is 19.1. The van der Waals surface area contributed by atoms with Gasteiger partial charge in [-0.15, -0.1) is 0 Å². The van der Waals surface area contributed by atoms with E-state index >= 15 is 0 Å². The van der Waals surface area contributed by atoms with E-state index in [0.717, 1.165) is 53.2 Å². The van der Waals surface area contributed by atoms with E-state index in [1.54, 1.807) is 16.8 Å². The van der Waals surface area contributed by atoms with Crippen LogP contribution in [0, 0.1) is 17.7 Å². The number of aromatic nitrogens is 2. The Hall–Kier alpha value is -1.76. The van der Waals surface area contributed by atoms with Crippen LogP contribution in [0.1, 0.15) is 52.1 Å². The predicted molar refractivity (Wildman–Crippen MR) is 131 cm³/mol. The first-order chi connectivity index (χ1) is 15.1. The summed E-state index contributed by atoms with van der Waals surface area (Å²) in [7, 11) is 0.802. The fraction of sp³-hybridized carbons (Fsp3) is 0.480. The Morgan fingerprint density at radius 1 is 1.16 bits per heavy atom. The molecule has 1 aromatic heterocycles. The van der Waals surface area contributed by atoms with Crippen LogP contribution in [0.15, 0.2) is 47.0 Å². The molecule has 1 fully saturated rings. The number of allylic oxidation sites excluding steroid dienone is 3. The highest BCUT2D eigenvalue weighted by molar-refractivity contribution is 7.84. The van der Waals surface area contributed by atoms with Crippen LogP contribution in [0.4, 0.5) is 4.39 Å². The summed E-state index contributed by atoms with van der Waals surface area (Å²) in [4.78, 5) is 0. The van der Waals surface area contributed by atoms with Crippen LogP contribution in [-0.4, -0.2) is 24.8 Å². The molecule has 4 atom stereocenters. The summed E-state index contributed by atoms with van der Waals surface area (Å²) in [5.74, 6) is 0.602. The highest BCUT2D eigenvalue weighted by Crippen LogP contribution is 2.44. The molecule has 0 aliphatic heterocycles. The molecule has 4 rings (SSSR count). The lowest BCUT2D eigenvalue weighted by Crippen LogP contribution is -2.44. The second-order valence-corrected chi connectivity index (χ2v) is 12.3. The first-order valence-corrected chi connectivity index (χ1v) is 12.7. The average Bonchev–Trinajstić information content (AvgIpc) is 3.23. The zero-order valence-corrected chi connectivity index (χ0v) is 20.6. The third-order valence-corrected chi connectivity index (χ3v) is 8.48. The number of nitrogens with one attached hydrogen (secondary N) is 1. The minimum atomic E-state index is -1.09. The van der Waals surface area contributed by atoms with Crippen molar-refractivity contribution in [3.05, 3.63) is 58.5 Å². The van der Waals surface area contributed by atoms with Crippen molar-refractivity contribution in [2.45, 2.75) is 57.2 Å². The van der Waals surface area contributed by atoms with Gasteiger partial charge in [-0.2, -0.15) is 5.10 Å². The molecule has 1 N–H and O–H groups in total. The summed E-state index contributed by atoms with van der Waals surface area (Å²) in [5.41, 5.74) is 3.83. The maximum atomic E-state index is 13.3. The number of benzene rings is 1. The lowest BCUT2D eigenvalue weighted by Gasteiger charge is -2.27. The van der Waals surface area contributed by atoms with Gasteiger partial charge in [0.05, 0.1) is 27.1 Å². The molecule has 172 valence electrons. The lowest BCUT2D eigenvalue weighted by atomic mass is 9.95. The van der Waals surface area contributed by atoms with Gasteiger partial charge < -0.3 is 0 Å². The summed E-state index contributed by atoms with van der Waals surface area (Å²) in [6, 6.07) is 8.67. The van der Waals surface area contributed by atoms with Gasteiger partial charge in [0.1, 0.15) is 5.82 Å². The van der Waals surface area contributed by atoms with Crippen molar-refractivity contribution >= 4 is 28.7 Å². The van der Waals surface area contributed by atoms with Gasteiger partial charge >= 0.3 is 0 Å². The largest absolute Gasteiger partial charge is 0.267 e. The minimum Gasteiger partial charge on any atom is -0.267 e. The molecule has 7 heteroatoms. The molecule has 2 unspecified atom stereocenters. The Morgan fingerprint density at radius 2 is 1.81 bits per heavy atom. The van der Waals surface area contributed by atoms with Gasteiger partial charge in [0, 0.05) is 18.1 Å². The molecule has 1 aromatic carbocycles. The molecule has 1 heterocycles. The summed E-state index contributed by atoms with van der Waals surface area (Å²) in [6.07, 6.45) is 8.03. The predicted octanol–water partition coefficient (Wildman–Crippen LogP) is 5.97. The number of fused-ring (bicyclic) bond motifs is 2. The average molecular weight is 476 g/mol. The smallest absolute Gasteiger partial charge is 0.123 e. The molecule has 4 nitrogen and oxygen atoms in total. The van der Waals surface area contributed by atoms with Gasteiger partial charge in [0.2, 0.25) is 0 Å². The van der Waals surface area contributed by atoms with E-state index < -0.39 is 11.0 Å². The van der Waals surface area contributed by atoms with Crippen LogP contribution in [0.5, 0.6) is 0 Å². The van der Waals surface area contributed by atoms with E-state index in [0.29, 0.717) is 11.8 Å². The van der Waals surface area contributed by atoms with Gasteiger partial charge in [-0.25, -0.2) is 13.3 Å². The molecule has 0 saturated heterocycles. The van der Waals surface area contributed by atoms with E-state index in [1.807, 2.05) is 40.0 Å². The van der Waals surface area contributed by atoms with Crippen LogP contribution < -0.4 is 4.72 Å². The molecule has 2 aromatic rings. The van der Waals surface area contributed by atoms with E-state index in [4.69, 9.17) is 11.6 Å². The fourth-order valence-corrected chi connectivity index (χ4v) is 6.01. The van der Waals surface area contributed by atoms with Crippen LogP contribution in [0.3, 0.4) is 0 Å². The number of nitrogens with zero attached hydrogens (tertiary/aromatic N) is 2. The van der Waals surface area contributed by atoms with Gasteiger partial charge in [0.15, 0.2) is 0 Å². The van der Waals surface area contributed by atoms with Gasteiger partial charge in [-0.1, -0.05) is 17.7 Å². The summed E-state index contributed by atoms with van der Waals surface area (Å²) in [5, 5.41) is 5.49. The lowest BCUT2D eigenvalue weighted by molar-refractivity contribution is 0.392. The van der Waals surface area contributed by atoms with Crippen LogP contribution >= 0.6 is 11.6 Å². The van der Waals surface area contributed by atoms with Gasteiger partial charge in [0.25, 0.3) is 0 Å². The monoisotopic (exact) mass is 475 g/mol. The summed E-state index contributed by atoms with van der Waals surface area (Å²) < 4.78 is 30.9.